The number of hydrazine groups is 1. The SMILES string of the molecule is COC(C)(C)CC(Cc1ccc(Cl)cc1Cl)NN. The maximum atomic E-state index is 6.15. The van der Waals surface area contributed by atoms with Crippen LogP contribution in [0, 0.1) is 0 Å². The van der Waals surface area contributed by atoms with Crippen LogP contribution in [-0.4, -0.2) is 18.8 Å². The molecule has 1 aromatic rings. The molecule has 0 amide bonds. The lowest BCUT2D eigenvalue weighted by Gasteiger charge is -2.28. The number of benzene rings is 1. The molecule has 0 aliphatic rings. The van der Waals surface area contributed by atoms with Gasteiger partial charge in [-0.3, -0.25) is 11.3 Å². The van der Waals surface area contributed by atoms with Crippen molar-refractivity contribution in [3.05, 3.63) is 33.8 Å². The highest BCUT2D eigenvalue weighted by atomic mass is 35.5. The molecule has 0 spiro atoms. The predicted octanol–water partition coefficient (Wildman–Crippen LogP) is 3.18. The molecule has 5 heteroatoms. The summed E-state index contributed by atoms with van der Waals surface area (Å²) in [5.41, 5.74) is 3.61. The van der Waals surface area contributed by atoms with Crippen molar-refractivity contribution < 1.29 is 4.74 Å². The van der Waals surface area contributed by atoms with Crippen LogP contribution in [0.1, 0.15) is 25.8 Å². The first-order valence-corrected chi connectivity index (χ1v) is 6.59. The standard InChI is InChI=1S/C13H20Cl2N2O/c1-13(2,18-3)8-11(17-16)6-9-4-5-10(14)7-12(9)15/h4-5,7,11,17H,6,8,16H2,1-3H3. The minimum atomic E-state index is -0.226. The summed E-state index contributed by atoms with van der Waals surface area (Å²) in [4.78, 5) is 0. The average Bonchev–Trinajstić information content (AvgIpc) is 2.31. The quantitative estimate of drug-likeness (QED) is 0.625. The molecular weight excluding hydrogens is 271 g/mol. The summed E-state index contributed by atoms with van der Waals surface area (Å²) in [5.74, 6) is 5.59. The second kappa shape index (κ2) is 6.73. The fourth-order valence-corrected chi connectivity index (χ4v) is 2.31. The van der Waals surface area contributed by atoms with Crippen molar-refractivity contribution in [2.75, 3.05) is 7.11 Å². The van der Waals surface area contributed by atoms with Gasteiger partial charge in [-0.25, -0.2) is 0 Å². The molecule has 0 heterocycles. The van der Waals surface area contributed by atoms with Crippen molar-refractivity contribution in [2.45, 2.75) is 38.3 Å². The molecular formula is C13H20Cl2N2O. The van der Waals surface area contributed by atoms with E-state index in [-0.39, 0.29) is 11.6 Å². The van der Waals surface area contributed by atoms with E-state index < -0.39 is 0 Å². The molecule has 0 bridgehead atoms. The van der Waals surface area contributed by atoms with Crippen LogP contribution >= 0.6 is 23.2 Å². The summed E-state index contributed by atoms with van der Waals surface area (Å²) in [6.07, 6.45) is 1.53. The number of hydrogen-bond donors (Lipinski definition) is 2. The van der Waals surface area contributed by atoms with Gasteiger partial charge in [-0.2, -0.15) is 0 Å². The third-order valence-electron chi connectivity index (χ3n) is 3.01. The Morgan fingerprint density at radius 1 is 1.39 bits per heavy atom. The van der Waals surface area contributed by atoms with Crippen molar-refractivity contribution in [3.8, 4) is 0 Å². The van der Waals surface area contributed by atoms with Gasteiger partial charge in [0.2, 0.25) is 0 Å². The van der Waals surface area contributed by atoms with E-state index in [4.69, 9.17) is 33.8 Å². The number of halogens is 2. The predicted molar refractivity (Wildman–Crippen MR) is 77.0 cm³/mol. The molecule has 0 aromatic heterocycles. The molecule has 1 aromatic carbocycles. The zero-order chi connectivity index (χ0) is 13.8. The maximum Gasteiger partial charge on any atom is 0.0638 e. The number of ether oxygens (including phenoxy) is 1. The van der Waals surface area contributed by atoms with Crippen molar-refractivity contribution in [3.63, 3.8) is 0 Å². The molecule has 3 N–H and O–H groups in total. The minimum absolute atomic E-state index is 0.0959. The first kappa shape index (κ1) is 15.7. The van der Waals surface area contributed by atoms with Crippen LogP contribution in [-0.2, 0) is 11.2 Å². The second-order valence-electron chi connectivity index (χ2n) is 4.97. The number of nitrogens with one attached hydrogen (secondary N) is 1. The molecule has 0 aliphatic carbocycles. The molecule has 102 valence electrons. The molecule has 0 radical (unpaired) electrons. The summed E-state index contributed by atoms with van der Waals surface area (Å²) < 4.78 is 5.41. The maximum absolute atomic E-state index is 6.15. The Morgan fingerprint density at radius 2 is 2.06 bits per heavy atom. The van der Waals surface area contributed by atoms with Gasteiger partial charge in [0.15, 0.2) is 0 Å². The van der Waals surface area contributed by atoms with Crippen LogP contribution in [0.4, 0.5) is 0 Å². The van der Waals surface area contributed by atoms with E-state index in [9.17, 15) is 0 Å². The third kappa shape index (κ3) is 4.75. The van der Waals surface area contributed by atoms with E-state index in [0.717, 1.165) is 18.4 Å². The van der Waals surface area contributed by atoms with Crippen molar-refractivity contribution in [1.82, 2.24) is 5.43 Å². The van der Waals surface area contributed by atoms with Crippen molar-refractivity contribution >= 4 is 23.2 Å². The number of rotatable bonds is 6. The van der Waals surface area contributed by atoms with E-state index in [2.05, 4.69) is 5.43 Å². The van der Waals surface area contributed by atoms with Gasteiger partial charge in [0.05, 0.1) is 5.60 Å². The fraction of sp³-hybridized carbons (Fsp3) is 0.538. The summed E-state index contributed by atoms with van der Waals surface area (Å²) in [5, 5.41) is 1.30. The van der Waals surface area contributed by atoms with Crippen LogP contribution in [0.2, 0.25) is 10.0 Å². The third-order valence-corrected chi connectivity index (χ3v) is 3.59. The van der Waals surface area contributed by atoms with Gasteiger partial charge >= 0.3 is 0 Å². The lowest BCUT2D eigenvalue weighted by molar-refractivity contribution is 0.00711. The van der Waals surface area contributed by atoms with Gasteiger partial charge in [0.1, 0.15) is 0 Å². The summed E-state index contributed by atoms with van der Waals surface area (Å²) in [6.45, 7) is 4.06. The van der Waals surface area contributed by atoms with Gasteiger partial charge in [-0.05, 0) is 44.4 Å². The number of hydrogen-bond acceptors (Lipinski definition) is 3. The molecule has 0 fully saturated rings. The highest BCUT2D eigenvalue weighted by Gasteiger charge is 2.22. The Balaban J connectivity index is 2.74. The molecule has 0 saturated carbocycles. The minimum Gasteiger partial charge on any atom is -0.379 e. The van der Waals surface area contributed by atoms with Gasteiger partial charge in [-0.15, -0.1) is 0 Å². The van der Waals surface area contributed by atoms with Crippen LogP contribution in [0.3, 0.4) is 0 Å². The van der Waals surface area contributed by atoms with Crippen LogP contribution in [0.25, 0.3) is 0 Å². The zero-order valence-corrected chi connectivity index (χ0v) is 12.5. The van der Waals surface area contributed by atoms with E-state index in [1.165, 1.54) is 0 Å². The number of methoxy groups -OCH3 is 1. The Kier molecular flexibility index (Phi) is 5.89. The van der Waals surface area contributed by atoms with Crippen molar-refractivity contribution in [1.29, 1.82) is 0 Å². The molecule has 0 aliphatic heterocycles. The highest BCUT2D eigenvalue weighted by molar-refractivity contribution is 6.35. The Hall–Kier alpha value is -0.320. The van der Waals surface area contributed by atoms with E-state index in [1.807, 2.05) is 26.0 Å². The topological polar surface area (TPSA) is 47.3 Å². The largest absolute Gasteiger partial charge is 0.379 e. The van der Waals surface area contributed by atoms with Crippen LogP contribution < -0.4 is 11.3 Å². The molecule has 1 unspecified atom stereocenters. The fourth-order valence-electron chi connectivity index (χ4n) is 1.82. The smallest absolute Gasteiger partial charge is 0.0638 e. The van der Waals surface area contributed by atoms with Gasteiger partial charge in [-0.1, -0.05) is 29.3 Å². The second-order valence-corrected chi connectivity index (χ2v) is 5.82. The van der Waals surface area contributed by atoms with Crippen LogP contribution in [0.5, 0.6) is 0 Å². The molecule has 1 rings (SSSR count). The first-order chi connectivity index (χ1) is 8.38. The molecule has 0 saturated heterocycles. The lowest BCUT2D eigenvalue weighted by Crippen LogP contribution is -2.42. The van der Waals surface area contributed by atoms with Gasteiger partial charge in [0, 0.05) is 23.2 Å². The summed E-state index contributed by atoms with van der Waals surface area (Å²) in [7, 11) is 1.70. The Labute approximate surface area is 119 Å². The molecule has 1 atom stereocenters. The van der Waals surface area contributed by atoms with Gasteiger partial charge in [0.25, 0.3) is 0 Å². The van der Waals surface area contributed by atoms with E-state index in [1.54, 1.807) is 13.2 Å². The average molecular weight is 291 g/mol. The van der Waals surface area contributed by atoms with Crippen molar-refractivity contribution in [2.24, 2.45) is 5.84 Å². The van der Waals surface area contributed by atoms with E-state index in [0.29, 0.717) is 10.0 Å². The van der Waals surface area contributed by atoms with Crippen LogP contribution in [0.15, 0.2) is 18.2 Å². The Morgan fingerprint density at radius 3 is 2.56 bits per heavy atom. The molecule has 3 nitrogen and oxygen atoms in total. The first-order valence-electron chi connectivity index (χ1n) is 5.83. The Bertz CT molecular complexity index is 397. The zero-order valence-electron chi connectivity index (χ0n) is 11.0. The lowest BCUT2D eigenvalue weighted by atomic mass is 9.94. The molecule has 18 heavy (non-hydrogen) atoms. The number of nitrogens with two attached hydrogens (primary N) is 1. The van der Waals surface area contributed by atoms with E-state index >= 15 is 0 Å². The summed E-state index contributed by atoms with van der Waals surface area (Å²) >= 11 is 12.0. The monoisotopic (exact) mass is 290 g/mol. The van der Waals surface area contributed by atoms with Gasteiger partial charge < -0.3 is 4.74 Å². The summed E-state index contributed by atoms with van der Waals surface area (Å²) in [6, 6.07) is 5.60. The normalized spacial score (nSPS) is 13.7. The highest BCUT2D eigenvalue weighted by Crippen LogP contribution is 2.24.